The van der Waals surface area contributed by atoms with Crippen LogP contribution in [0.4, 0.5) is 0 Å². The van der Waals surface area contributed by atoms with Gasteiger partial charge in [-0.2, -0.15) is 0 Å². The lowest BCUT2D eigenvalue weighted by atomic mass is 9.94. The molecule has 1 heterocycles. The van der Waals surface area contributed by atoms with Crippen LogP contribution < -0.4 is 5.73 Å². The van der Waals surface area contributed by atoms with Gasteiger partial charge in [0.25, 0.3) is 0 Å². The zero-order valence-electron chi connectivity index (χ0n) is 12.5. The fourth-order valence-electron chi connectivity index (χ4n) is 3.01. The predicted molar refractivity (Wildman–Crippen MR) is 89.5 cm³/mol. The van der Waals surface area contributed by atoms with Crippen molar-refractivity contribution < 1.29 is 8.42 Å². The molecule has 0 bridgehead atoms. The fraction of sp³-hybridized carbons (Fsp3) is 0.533. The lowest BCUT2D eigenvalue weighted by Gasteiger charge is -2.34. The second-order valence-corrected chi connectivity index (χ2v) is 8.45. The minimum Gasteiger partial charge on any atom is -0.389 e. The molecule has 6 heteroatoms. The number of piperidine rings is 1. The minimum atomic E-state index is -3.34. The van der Waals surface area contributed by atoms with Gasteiger partial charge in [0.1, 0.15) is 4.99 Å². The lowest BCUT2D eigenvalue weighted by Crippen LogP contribution is -2.43. The van der Waals surface area contributed by atoms with Crippen LogP contribution >= 0.6 is 12.2 Å². The zero-order chi connectivity index (χ0) is 15.6. The van der Waals surface area contributed by atoms with E-state index >= 15 is 0 Å². The number of nitrogens with zero attached hydrogens (tertiary/aromatic N) is 1. The summed E-state index contributed by atoms with van der Waals surface area (Å²) in [4.78, 5) is 0.237. The molecule has 1 aliphatic heterocycles. The van der Waals surface area contributed by atoms with Gasteiger partial charge in [0.05, 0.1) is 5.75 Å². The van der Waals surface area contributed by atoms with E-state index in [2.05, 4.69) is 13.8 Å². The normalized spacial score (nSPS) is 23.9. The molecule has 0 amide bonds. The summed E-state index contributed by atoms with van der Waals surface area (Å²) < 4.78 is 26.9. The molecule has 2 atom stereocenters. The molecule has 116 valence electrons. The summed E-state index contributed by atoms with van der Waals surface area (Å²) in [7, 11) is -3.34. The highest BCUT2D eigenvalue weighted by molar-refractivity contribution is 7.88. The van der Waals surface area contributed by atoms with Gasteiger partial charge in [-0.05, 0) is 23.8 Å². The van der Waals surface area contributed by atoms with Crippen molar-refractivity contribution in [2.75, 3.05) is 13.1 Å². The highest BCUT2D eigenvalue weighted by Gasteiger charge is 2.30. The van der Waals surface area contributed by atoms with E-state index in [0.29, 0.717) is 36.1 Å². The quantitative estimate of drug-likeness (QED) is 0.861. The molecule has 2 N–H and O–H groups in total. The number of benzene rings is 1. The first-order valence-electron chi connectivity index (χ1n) is 7.15. The Bertz CT molecular complexity index is 618. The molecule has 0 aliphatic carbocycles. The van der Waals surface area contributed by atoms with E-state index in [1.54, 1.807) is 16.4 Å². The van der Waals surface area contributed by atoms with Gasteiger partial charge in [0, 0.05) is 18.7 Å². The molecule has 0 saturated carbocycles. The topological polar surface area (TPSA) is 63.4 Å². The fourth-order valence-corrected chi connectivity index (χ4v) is 5.00. The summed E-state index contributed by atoms with van der Waals surface area (Å²) >= 11 is 5.00. The Morgan fingerprint density at radius 3 is 2.43 bits per heavy atom. The van der Waals surface area contributed by atoms with E-state index in [4.69, 9.17) is 18.0 Å². The first-order valence-corrected chi connectivity index (χ1v) is 9.17. The Morgan fingerprint density at radius 1 is 1.29 bits per heavy atom. The first kappa shape index (κ1) is 16.4. The van der Waals surface area contributed by atoms with Crippen molar-refractivity contribution in [3.63, 3.8) is 0 Å². The van der Waals surface area contributed by atoms with Gasteiger partial charge in [0.2, 0.25) is 10.0 Å². The van der Waals surface area contributed by atoms with Crippen LogP contribution in [0.25, 0.3) is 0 Å². The minimum absolute atomic E-state index is 0.0417. The van der Waals surface area contributed by atoms with E-state index < -0.39 is 10.0 Å². The Kier molecular flexibility index (Phi) is 5.01. The molecule has 0 spiro atoms. The third-order valence-corrected chi connectivity index (χ3v) is 5.83. The van der Waals surface area contributed by atoms with E-state index in [1.165, 1.54) is 0 Å². The molecule has 0 radical (unpaired) electrons. The number of nitrogens with two attached hydrogens (primary N) is 1. The molecule has 4 nitrogen and oxygen atoms in total. The lowest BCUT2D eigenvalue weighted by molar-refractivity contribution is 0.222. The molecule has 1 aromatic carbocycles. The molecule has 1 aliphatic rings. The number of hydrogen-bond donors (Lipinski definition) is 1. The first-order chi connectivity index (χ1) is 9.79. The maximum atomic E-state index is 12.7. The number of rotatable bonds is 4. The standard InChI is InChI=1S/C15H22N2O2S2/c1-11-7-12(2)9-17(8-11)21(18,19)10-13-5-3-4-6-14(13)15(16)20/h3-6,11-12H,7-10H2,1-2H3,(H2,16,20). The van der Waals surface area contributed by atoms with Crippen molar-refractivity contribution >= 4 is 27.2 Å². The molecule has 1 fully saturated rings. The van der Waals surface area contributed by atoms with Crippen LogP contribution in [0.1, 0.15) is 31.4 Å². The molecule has 2 rings (SSSR count). The Labute approximate surface area is 132 Å². The van der Waals surface area contributed by atoms with Crippen molar-refractivity contribution in [1.29, 1.82) is 0 Å². The number of sulfonamides is 1. The summed E-state index contributed by atoms with van der Waals surface area (Å²) in [6, 6.07) is 7.18. The van der Waals surface area contributed by atoms with Crippen LogP contribution in [0.5, 0.6) is 0 Å². The summed E-state index contributed by atoms with van der Waals surface area (Å²) in [6.07, 6.45) is 1.08. The van der Waals surface area contributed by atoms with Crippen molar-refractivity contribution in [2.24, 2.45) is 17.6 Å². The summed E-state index contributed by atoms with van der Waals surface area (Å²) in [6.45, 7) is 5.39. The van der Waals surface area contributed by atoms with Crippen molar-refractivity contribution in [3.05, 3.63) is 35.4 Å². The highest BCUT2D eigenvalue weighted by atomic mass is 32.2. The molecule has 21 heavy (non-hydrogen) atoms. The van der Waals surface area contributed by atoms with Crippen LogP contribution in [-0.4, -0.2) is 30.8 Å². The monoisotopic (exact) mass is 326 g/mol. The SMILES string of the molecule is CC1CC(C)CN(S(=O)(=O)Cc2ccccc2C(N)=S)C1. The molecule has 1 aromatic rings. The van der Waals surface area contributed by atoms with Gasteiger partial charge in [-0.3, -0.25) is 0 Å². The average molecular weight is 326 g/mol. The van der Waals surface area contributed by atoms with Crippen LogP contribution in [-0.2, 0) is 15.8 Å². The molecule has 2 unspecified atom stereocenters. The third kappa shape index (κ3) is 4.02. The smallest absolute Gasteiger partial charge is 0.218 e. The predicted octanol–water partition coefficient (Wildman–Crippen LogP) is 2.13. The molecular weight excluding hydrogens is 304 g/mol. The van der Waals surface area contributed by atoms with Crippen molar-refractivity contribution in [3.8, 4) is 0 Å². The number of hydrogen-bond acceptors (Lipinski definition) is 3. The number of thiocarbonyl (C=S) groups is 1. The molecule has 0 aromatic heterocycles. The zero-order valence-corrected chi connectivity index (χ0v) is 14.1. The largest absolute Gasteiger partial charge is 0.389 e. The van der Waals surface area contributed by atoms with Gasteiger partial charge < -0.3 is 5.73 Å². The Hall–Kier alpha value is -0.980. The van der Waals surface area contributed by atoms with E-state index in [-0.39, 0.29) is 10.7 Å². The maximum absolute atomic E-state index is 12.7. The average Bonchev–Trinajstić information content (AvgIpc) is 2.37. The summed E-state index contributed by atoms with van der Waals surface area (Å²) in [5.74, 6) is 0.753. The Balaban J connectivity index is 2.24. The maximum Gasteiger partial charge on any atom is 0.218 e. The van der Waals surface area contributed by atoms with Crippen LogP contribution in [0.3, 0.4) is 0 Å². The molecular formula is C15H22N2O2S2. The van der Waals surface area contributed by atoms with Gasteiger partial charge in [-0.1, -0.05) is 50.3 Å². The van der Waals surface area contributed by atoms with Gasteiger partial charge in [-0.15, -0.1) is 0 Å². The van der Waals surface area contributed by atoms with E-state index in [9.17, 15) is 8.42 Å². The van der Waals surface area contributed by atoms with E-state index in [0.717, 1.165) is 6.42 Å². The van der Waals surface area contributed by atoms with Crippen LogP contribution in [0.15, 0.2) is 24.3 Å². The van der Waals surface area contributed by atoms with Gasteiger partial charge >= 0.3 is 0 Å². The van der Waals surface area contributed by atoms with Crippen LogP contribution in [0, 0.1) is 11.8 Å². The van der Waals surface area contributed by atoms with Crippen molar-refractivity contribution in [1.82, 2.24) is 4.31 Å². The van der Waals surface area contributed by atoms with E-state index in [1.807, 2.05) is 12.1 Å². The summed E-state index contributed by atoms with van der Waals surface area (Å²) in [5, 5.41) is 0. The second-order valence-electron chi connectivity index (χ2n) is 6.04. The Morgan fingerprint density at radius 2 is 1.86 bits per heavy atom. The second kappa shape index (κ2) is 6.42. The van der Waals surface area contributed by atoms with Crippen LogP contribution in [0.2, 0.25) is 0 Å². The van der Waals surface area contributed by atoms with Gasteiger partial charge in [0.15, 0.2) is 0 Å². The van der Waals surface area contributed by atoms with Gasteiger partial charge in [-0.25, -0.2) is 12.7 Å². The van der Waals surface area contributed by atoms with Crippen molar-refractivity contribution in [2.45, 2.75) is 26.0 Å². The molecule has 1 saturated heterocycles. The highest BCUT2D eigenvalue weighted by Crippen LogP contribution is 2.25. The third-order valence-electron chi connectivity index (χ3n) is 3.85. The summed E-state index contributed by atoms with van der Waals surface area (Å²) in [5.41, 5.74) is 7.00.